The number of alkyl halides is 1. The van der Waals surface area contributed by atoms with E-state index in [0.29, 0.717) is 6.54 Å². The third-order valence-corrected chi connectivity index (χ3v) is 8.45. The molecule has 12 heteroatoms. The molecular weight excluding hydrogens is 531 g/mol. The average Bonchev–Trinajstić information content (AvgIpc) is 3.59. The SMILES string of the molecule is C[C@@H](O)C(NC(=O)[C@H](Cc1c[nH]c2ccccc12)NC(O)[C@@H]1C2CCCC2CN1C(=O)[C@@H](N)CC(C)(C)F)C(N)=O. The van der Waals surface area contributed by atoms with E-state index in [2.05, 4.69) is 15.6 Å². The summed E-state index contributed by atoms with van der Waals surface area (Å²) in [5, 5.41) is 28.0. The molecule has 1 aliphatic carbocycles. The Labute approximate surface area is 239 Å². The van der Waals surface area contributed by atoms with Crippen LogP contribution in [-0.2, 0) is 20.8 Å². The van der Waals surface area contributed by atoms with Crippen molar-refractivity contribution in [3.63, 3.8) is 0 Å². The molecule has 0 radical (unpaired) electrons. The van der Waals surface area contributed by atoms with Gasteiger partial charge in [-0.1, -0.05) is 24.6 Å². The number of hydrogen-bond acceptors (Lipinski definition) is 7. The van der Waals surface area contributed by atoms with E-state index in [-0.39, 0.29) is 24.7 Å². The van der Waals surface area contributed by atoms with E-state index in [9.17, 15) is 29.0 Å². The highest BCUT2D eigenvalue weighted by molar-refractivity contribution is 5.90. The van der Waals surface area contributed by atoms with E-state index in [1.165, 1.54) is 20.8 Å². The minimum atomic E-state index is -1.64. The number of rotatable bonds is 12. The van der Waals surface area contributed by atoms with E-state index in [1.54, 1.807) is 11.1 Å². The van der Waals surface area contributed by atoms with Crippen LogP contribution < -0.4 is 22.1 Å². The molecule has 0 bridgehead atoms. The molecule has 3 amide bonds. The lowest BCUT2D eigenvalue weighted by Gasteiger charge is -2.36. The number of aliphatic hydroxyl groups excluding tert-OH is 2. The Balaban J connectivity index is 1.60. The van der Waals surface area contributed by atoms with Gasteiger partial charge in [0, 0.05) is 30.1 Å². The van der Waals surface area contributed by atoms with E-state index < -0.39 is 59.9 Å². The second-order valence-electron chi connectivity index (χ2n) is 12.2. The first-order valence-electron chi connectivity index (χ1n) is 14.3. The molecule has 1 aromatic heterocycles. The first-order chi connectivity index (χ1) is 19.3. The van der Waals surface area contributed by atoms with Gasteiger partial charge in [0.2, 0.25) is 17.7 Å². The number of primary amides is 1. The van der Waals surface area contributed by atoms with Gasteiger partial charge >= 0.3 is 0 Å². The normalized spacial score (nSPS) is 24.5. The van der Waals surface area contributed by atoms with Crippen molar-refractivity contribution in [1.29, 1.82) is 0 Å². The molecule has 41 heavy (non-hydrogen) atoms. The summed E-state index contributed by atoms with van der Waals surface area (Å²) in [5.74, 6) is -1.82. The van der Waals surface area contributed by atoms with E-state index in [0.717, 1.165) is 35.7 Å². The predicted octanol–water partition coefficient (Wildman–Crippen LogP) is 0.431. The maximum absolute atomic E-state index is 14.3. The molecule has 4 rings (SSSR count). The maximum atomic E-state index is 14.3. The molecule has 226 valence electrons. The van der Waals surface area contributed by atoms with Crippen LogP contribution in [-0.4, -0.2) is 86.5 Å². The number of amides is 3. The number of para-hydroxylation sites is 1. The number of aromatic nitrogens is 1. The lowest BCUT2D eigenvalue weighted by Crippen LogP contribution is -2.61. The third-order valence-electron chi connectivity index (χ3n) is 8.45. The van der Waals surface area contributed by atoms with Crippen molar-refractivity contribution in [2.24, 2.45) is 23.3 Å². The van der Waals surface area contributed by atoms with Crippen LogP contribution in [0.3, 0.4) is 0 Å². The number of hydrogen-bond donors (Lipinski definition) is 7. The number of nitrogens with one attached hydrogen (secondary N) is 3. The molecule has 1 aliphatic heterocycles. The van der Waals surface area contributed by atoms with Gasteiger partial charge in [-0.3, -0.25) is 19.7 Å². The van der Waals surface area contributed by atoms with Crippen molar-refractivity contribution >= 4 is 28.6 Å². The number of aliphatic hydroxyl groups is 2. The summed E-state index contributed by atoms with van der Waals surface area (Å²) in [6.07, 6.45) is 1.83. The number of likely N-dealkylation sites (tertiary alicyclic amines) is 1. The number of carbonyl (C=O) groups excluding carboxylic acids is 3. The zero-order chi connectivity index (χ0) is 30.1. The Morgan fingerprint density at radius 3 is 2.59 bits per heavy atom. The Hall–Kier alpha value is -3.06. The summed E-state index contributed by atoms with van der Waals surface area (Å²) in [7, 11) is 0. The highest BCUT2D eigenvalue weighted by atomic mass is 19.1. The van der Waals surface area contributed by atoms with Gasteiger partial charge in [0.05, 0.1) is 24.2 Å². The van der Waals surface area contributed by atoms with Gasteiger partial charge in [-0.2, -0.15) is 0 Å². The molecule has 2 heterocycles. The zero-order valence-electron chi connectivity index (χ0n) is 23.8. The minimum absolute atomic E-state index is 0.0142. The van der Waals surface area contributed by atoms with Crippen LogP contribution >= 0.6 is 0 Å². The summed E-state index contributed by atoms with van der Waals surface area (Å²) in [4.78, 5) is 43.6. The lowest BCUT2D eigenvalue weighted by molar-refractivity contribution is -0.138. The van der Waals surface area contributed by atoms with Crippen molar-refractivity contribution in [3.05, 3.63) is 36.0 Å². The Morgan fingerprint density at radius 1 is 1.22 bits per heavy atom. The van der Waals surface area contributed by atoms with Crippen molar-refractivity contribution in [1.82, 2.24) is 20.5 Å². The monoisotopic (exact) mass is 574 g/mol. The van der Waals surface area contributed by atoms with E-state index >= 15 is 0 Å². The standard InChI is InChI=1S/C29H43FN6O5/c1-15(37)23(25(32)38)35-26(39)22(11-17-13-33-21-10-5-4-8-18(17)21)34-27(40)24-19-9-6-7-16(19)14-36(24)28(41)20(31)12-29(2,3)30/h4-5,8,10,13,15-16,19-20,22-24,27,33-34,37,40H,6-7,9,11-12,14,31H2,1-3H3,(H2,32,38)(H,35,39)/t15-,16?,19?,20+,22+,23?,24+,27?/m1/s1. The van der Waals surface area contributed by atoms with Crippen LogP contribution in [0.25, 0.3) is 10.9 Å². The molecule has 4 unspecified atom stereocenters. The van der Waals surface area contributed by atoms with Crippen LogP contribution in [0, 0.1) is 11.8 Å². The quantitative estimate of drug-likeness (QED) is 0.179. The fraction of sp³-hybridized carbons (Fsp3) is 0.621. The molecule has 9 N–H and O–H groups in total. The number of nitrogens with zero attached hydrogens (tertiary/aromatic N) is 1. The van der Waals surface area contributed by atoms with Crippen LogP contribution in [0.15, 0.2) is 30.5 Å². The summed E-state index contributed by atoms with van der Waals surface area (Å²) >= 11 is 0. The van der Waals surface area contributed by atoms with Crippen molar-refractivity contribution < 1.29 is 29.0 Å². The topological polar surface area (TPSA) is 187 Å². The fourth-order valence-corrected chi connectivity index (χ4v) is 6.55. The molecule has 1 saturated carbocycles. The number of carbonyl (C=O) groups is 3. The summed E-state index contributed by atoms with van der Waals surface area (Å²) in [6.45, 7) is 4.48. The predicted molar refractivity (Wildman–Crippen MR) is 152 cm³/mol. The largest absolute Gasteiger partial charge is 0.391 e. The highest BCUT2D eigenvalue weighted by Gasteiger charge is 2.50. The smallest absolute Gasteiger partial charge is 0.242 e. The first kappa shape index (κ1) is 30.9. The van der Waals surface area contributed by atoms with Crippen LogP contribution in [0.4, 0.5) is 4.39 Å². The molecule has 2 fully saturated rings. The first-order valence-corrected chi connectivity index (χ1v) is 14.3. The number of halogens is 1. The van der Waals surface area contributed by atoms with Gasteiger partial charge in [0.25, 0.3) is 0 Å². The Morgan fingerprint density at radius 2 is 1.93 bits per heavy atom. The van der Waals surface area contributed by atoms with Gasteiger partial charge in [0.15, 0.2) is 0 Å². The summed E-state index contributed by atoms with van der Waals surface area (Å²) in [6, 6.07) is 3.42. The Bertz CT molecular complexity index is 1250. The molecule has 1 saturated heterocycles. The van der Waals surface area contributed by atoms with Gasteiger partial charge < -0.3 is 36.9 Å². The molecule has 1 aromatic carbocycles. The summed E-state index contributed by atoms with van der Waals surface area (Å²) < 4.78 is 14.3. The molecule has 2 aliphatic rings. The number of aromatic amines is 1. The van der Waals surface area contributed by atoms with Crippen LogP contribution in [0.1, 0.15) is 52.0 Å². The van der Waals surface area contributed by atoms with Gasteiger partial charge in [-0.05, 0) is 63.5 Å². The lowest BCUT2D eigenvalue weighted by atomic mass is 9.92. The number of nitrogens with two attached hydrogens (primary N) is 2. The van der Waals surface area contributed by atoms with Crippen molar-refractivity contribution in [2.45, 2.75) is 95.0 Å². The molecule has 11 nitrogen and oxygen atoms in total. The Kier molecular flexibility index (Phi) is 9.37. The van der Waals surface area contributed by atoms with Crippen LogP contribution in [0.2, 0.25) is 0 Å². The van der Waals surface area contributed by atoms with Crippen molar-refractivity contribution in [3.8, 4) is 0 Å². The molecule has 8 atom stereocenters. The number of H-pyrrole nitrogens is 1. The molecule has 2 aromatic rings. The number of benzene rings is 1. The highest BCUT2D eigenvalue weighted by Crippen LogP contribution is 2.43. The number of fused-ring (bicyclic) bond motifs is 2. The van der Waals surface area contributed by atoms with E-state index in [4.69, 9.17) is 11.5 Å². The maximum Gasteiger partial charge on any atom is 0.242 e. The third kappa shape index (κ3) is 7.06. The minimum Gasteiger partial charge on any atom is -0.391 e. The van der Waals surface area contributed by atoms with Crippen molar-refractivity contribution in [2.75, 3.05) is 6.54 Å². The second-order valence-corrected chi connectivity index (χ2v) is 12.2. The molecule has 0 spiro atoms. The van der Waals surface area contributed by atoms with Gasteiger partial charge in [0.1, 0.15) is 17.9 Å². The second kappa shape index (κ2) is 12.4. The molecular formula is C29H43FN6O5. The van der Waals surface area contributed by atoms with Gasteiger partial charge in [-0.15, -0.1) is 0 Å². The van der Waals surface area contributed by atoms with E-state index in [1.807, 2.05) is 24.3 Å². The zero-order valence-corrected chi connectivity index (χ0v) is 23.8. The average molecular weight is 575 g/mol. The summed E-state index contributed by atoms with van der Waals surface area (Å²) in [5.41, 5.74) is 11.6. The van der Waals surface area contributed by atoms with Gasteiger partial charge in [-0.25, -0.2) is 4.39 Å². The fourth-order valence-electron chi connectivity index (χ4n) is 6.55. The van der Waals surface area contributed by atoms with Crippen LogP contribution in [0.5, 0.6) is 0 Å².